The number of rotatable bonds is 5. The van der Waals surface area contributed by atoms with E-state index in [9.17, 15) is 26.3 Å². The summed E-state index contributed by atoms with van der Waals surface area (Å²) < 4.78 is 86.7. The van der Waals surface area contributed by atoms with Crippen molar-refractivity contribution in [1.82, 2.24) is 4.98 Å². The van der Waals surface area contributed by atoms with E-state index in [0.717, 1.165) is 24.3 Å². The van der Waals surface area contributed by atoms with Gasteiger partial charge < -0.3 is 14.2 Å². The van der Waals surface area contributed by atoms with Crippen molar-refractivity contribution in [2.45, 2.75) is 12.7 Å². The van der Waals surface area contributed by atoms with E-state index in [0.29, 0.717) is 22.3 Å². The molecule has 0 N–H and O–H groups in total. The standard InChI is InChI=1S/C20H13F6NO3/c1-28-18-17(13-4-8-16(9-5-13)30-20(24,25)26)10-14(11-27-18)12-2-6-15(7-3-12)29-19(21,22)23/h2-11H,1H3. The lowest BCUT2D eigenvalue weighted by Gasteiger charge is -2.13. The van der Waals surface area contributed by atoms with Gasteiger partial charge in [-0.2, -0.15) is 0 Å². The maximum Gasteiger partial charge on any atom is 0.573 e. The van der Waals surface area contributed by atoms with E-state index >= 15 is 0 Å². The number of benzene rings is 2. The summed E-state index contributed by atoms with van der Waals surface area (Å²) >= 11 is 0. The predicted octanol–water partition coefficient (Wildman–Crippen LogP) is 6.22. The van der Waals surface area contributed by atoms with Gasteiger partial charge in [-0.05, 0) is 41.5 Å². The summed E-state index contributed by atoms with van der Waals surface area (Å²) in [5.41, 5.74) is 2.09. The van der Waals surface area contributed by atoms with Crippen LogP contribution in [0.5, 0.6) is 17.4 Å². The Morgan fingerprint density at radius 1 is 0.667 bits per heavy atom. The smallest absolute Gasteiger partial charge is 0.481 e. The van der Waals surface area contributed by atoms with E-state index in [-0.39, 0.29) is 17.4 Å². The zero-order chi connectivity index (χ0) is 21.9. The monoisotopic (exact) mass is 429 g/mol. The average Bonchev–Trinajstić information content (AvgIpc) is 2.66. The van der Waals surface area contributed by atoms with Crippen LogP contribution in [0.25, 0.3) is 22.3 Å². The summed E-state index contributed by atoms with van der Waals surface area (Å²) in [6.45, 7) is 0. The Morgan fingerprint density at radius 3 is 1.57 bits per heavy atom. The molecule has 1 aromatic heterocycles. The van der Waals surface area contributed by atoms with Gasteiger partial charge in [-0.1, -0.05) is 24.3 Å². The molecule has 1 heterocycles. The molecule has 0 saturated carbocycles. The van der Waals surface area contributed by atoms with Crippen molar-refractivity contribution in [2.75, 3.05) is 7.11 Å². The van der Waals surface area contributed by atoms with Gasteiger partial charge in [-0.15, -0.1) is 26.3 Å². The number of ether oxygens (including phenoxy) is 3. The first-order chi connectivity index (χ1) is 14.0. The summed E-state index contributed by atoms with van der Waals surface area (Å²) in [4.78, 5) is 4.17. The van der Waals surface area contributed by atoms with E-state index in [1.807, 2.05) is 0 Å². The van der Waals surface area contributed by atoms with Gasteiger partial charge in [0.15, 0.2) is 0 Å². The van der Waals surface area contributed by atoms with Crippen molar-refractivity contribution in [1.29, 1.82) is 0 Å². The number of pyridine rings is 1. The van der Waals surface area contributed by atoms with E-state index in [4.69, 9.17) is 4.74 Å². The molecule has 30 heavy (non-hydrogen) atoms. The second-order valence-corrected chi connectivity index (χ2v) is 5.93. The number of methoxy groups -OCH3 is 1. The minimum atomic E-state index is -4.80. The first-order valence-electron chi connectivity index (χ1n) is 8.30. The number of aromatic nitrogens is 1. The third kappa shape index (κ3) is 5.56. The highest BCUT2D eigenvalue weighted by Gasteiger charge is 2.31. The number of halogens is 6. The number of hydrogen-bond acceptors (Lipinski definition) is 4. The van der Waals surface area contributed by atoms with Gasteiger partial charge in [-0.3, -0.25) is 0 Å². The molecule has 0 spiro atoms. The van der Waals surface area contributed by atoms with Gasteiger partial charge in [0, 0.05) is 17.3 Å². The molecule has 0 aliphatic heterocycles. The van der Waals surface area contributed by atoms with Gasteiger partial charge in [0.25, 0.3) is 0 Å². The van der Waals surface area contributed by atoms with Crippen molar-refractivity contribution in [3.05, 3.63) is 60.8 Å². The van der Waals surface area contributed by atoms with Crippen LogP contribution in [0.3, 0.4) is 0 Å². The van der Waals surface area contributed by atoms with E-state index in [2.05, 4.69) is 14.5 Å². The van der Waals surface area contributed by atoms with Crippen LogP contribution in [0.1, 0.15) is 0 Å². The summed E-state index contributed by atoms with van der Waals surface area (Å²) in [5.74, 6) is -0.525. The van der Waals surface area contributed by atoms with Gasteiger partial charge in [0.2, 0.25) is 5.88 Å². The van der Waals surface area contributed by atoms with Crippen LogP contribution in [0, 0.1) is 0 Å². The summed E-state index contributed by atoms with van der Waals surface area (Å²) in [7, 11) is 1.38. The Morgan fingerprint density at radius 2 is 1.13 bits per heavy atom. The summed E-state index contributed by atoms with van der Waals surface area (Å²) in [6, 6.07) is 12.0. The number of hydrogen-bond donors (Lipinski definition) is 0. The van der Waals surface area contributed by atoms with E-state index < -0.39 is 12.7 Å². The van der Waals surface area contributed by atoms with Crippen molar-refractivity contribution >= 4 is 0 Å². The molecule has 0 saturated heterocycles. The normalized spacial score (nSPS) is 11.8. The van der Waals surface area contributed by atoms with Crippen molar-refractivity contribution in [2.24, 2.45) is 0 Å². The lowest BCUT2D eigenvalue weighted by atomic mass is 10.0. The van der Waals surface area contributed by atoms with Crippen LogP contribution in [-0.4, -0.2) is 24.8 Å². The van der Waals surface area contributed by atoms with Crippen molar-refractivity contribution in [3.63, 3.8) is 0 Å². The molecule has 0 unspecified atom stereocenters. The lowest BCUT2D eigenvalue weighted by Crippen LogP contribution is -2.16. The van der Waals surface area contributed by atoms with Crippen LogP contribution in [0.15, 0.2) is 60.8 Å². The van der Waals surface area contributed by atoms with E-state index in [1.54, 1.807) is 6.07 Å². The fourth-order valence-corrected chi connectivity index (χ4v) is 2.66. The molecule has 0 atom stereocenters. The average molecular weight is 429 g/mol. The van der Waals surface area contributed by atoms with Crippen molar-refractivity contribution in [3.8, 4) is 39.6 Å². The largest absolute Gasteiger partial charge is 0.573 e. The Kier molecular flexibility index (Phi) is 5.77. The summed E-state index contributed by atoms with van der Waals surface area (Å²) in [5, 5.41) is 0. The number of alkyl halides is 6. The van der Waals surface area contributed by atoms with Gasteiger partial charge >= 0.3 is 12.7 Å². The van der Waals surface area contributed by atoms with Crippen LogP contribution >= 0.6 is 0 Å². The van der Waals surface area contributed by atoms with Crippen molar-refractivity contribution < 1.29 is 40.6 Å². The van der Waals surface area contributed by atoms with Crippen LogP contribution in [0.4, 0.5) is 26.3 Å². The fraction of sp³-hybridized carbons (Fsp3) is 0.150. The lowest BCUT2D eigenvalue weighted by molar-refractivity contribution is -0.275. The number of nitrogens with zero attached hydrogens (tertiary/aromatic N) is 1. The minimum Gasteiger partial charge on any atom is -0.481 e. The molecular formula is C20H13F6NO3. The first-order valence-corrected chi connectivity index (χ1v) is 8.30. The predicted molar refractivity (Wildman–Crippen MR) is 95.0 cm³/mol. The first kappa shape index (κ1) is 21.3. The molecule has 158 valence electrons. The van der Waals surface area contributed by atoms with Gasteiger partial charge in [-0.25, -0.2) is 4.98 Å². The molecule has 0 aliphatic rings. The highest BCUT2D eigenvalue weighted by atomic mass is 19.4. The third-order valence-corrected chi connectivity index (χ3v) is 3.86. The Balaban J connectivity index is 1.90. The quantitative estimate of drug-likeness (QED) is 0.452. The molecule has 0 bridgehead atoms. The highest BCUT2D eigenvalue weighted by Crippen LogP contribution is 2.34. The maximum absolute atomic E-state index is 12.3. The Labute approximate surface area is 166 Å². The highest BCUT2D eigenvalue weighted by molar-refractivity contribution is 5.76. The molecule has 4 nitrogen and oxygen atoms in total. The second kappa shape index (κ2) is 8.13. The zero-order valence-corrected chi connectivity index (χ0v) is 15.2. The van der Waals surface area contributed by atoms with E-state index in [1.165, 1.54) is 37.6 Å². The van der Waals surface area contributed by atoms with Crippen LogP contribution in [0.2, 0.25) is 0 Å². The minimum absolute atomic E-state index is 0.222. The fourth-order valence-electron chi connectivity index (χ4n) is 2.66. The topological polar surface area (TPSA) is 40.6 Å². The maximum atomic E-state index is 12.3. The molecule has 10 heteroatoms. The molecule has 0 aliphatic carbocycles. The second-order valence-electron chi connectivity index (χ2n) is 5.93. The molecule has 2 aromatic carbocycles. The third-order valence-electron chi connectivity index (χ3n) is 3.86. The SMILES string of the molecule is COc1ncc(-c2ccc(OC(F)(F)F)cc2)cc1-c1ccc(OC(F)(F)F)cc1. The zero-order valence-electron chi connectivity index (χ0n) is 15.2. The molecule has 0 radical (unpaired) electrons. The molecule has 3 rings (SSSR count). The van der Waals surface area contributed by atoms with Gasteiger partial charge in [0.05, 0.1) is 7.11 Å². The molecule has 0 amide bonds. The Hall–Kier alpha value is -3.43. The molecule has 0 fully saturated rings. The molecular weight excluding hydrogens is 416 g/mol. The molecule has 3 aromatic rings. The van der Waals surface area contributed by atoms with Crippen LogP contribution < -0.4 is 14.2 Å². The Bertz CT molecular complexity index is 999. The summed E-state index contributed by atoms with van der Waals surface area (Å²) in [6.07, 6.45) is -8.13. The van der Waals surface area contributed by atoms with Gasteiger partial charge in [0.1, 0.15) is 11.5 Å². The van der Waals surface area contributed by atoms with Crippen LogP contribution in [-0.2, 0) is 0 Å².